The highest BCUT2D eigenvalue weighted by molar-refractivity contribution is 4.91. The van der Waals surface area contributed by atoms with E-state index in [9.17, 15) is 0 Å². The summed E-state index contributed by atoms with van der Waals surface area (Å²) < 4.78 is 5.86. The monoisotopic (exact) mass is 296 g/mol. The molecule has 2 rings (SSSR count). The van der Waals surface area contributed by atoms with Crippen molar-refractivity contribution in [3.8, 4) is 0 Å². The third kappa shape index (κ3) is 5.22. The maximum absolute atomic E-state index is 5.86. The van der Waals surface area contributed by atoms with Crippen molar-refractivity contribution in [3.05, 3.63) is 0 Å². The molecule has 3 heteroatoms. The average molecular weight is 296 g/mol. The van der Waals surface area contributed by atoms with Crippen LogP contribution in [0.3, 0.4) is 0 Å². The highest BCUT2D eigenvalue weighted by Gasteiger charge is 2.35. The van der Waals surface area contributed by atoms with E-state index in [2.05, 4.69) is 37.5 Å². The molecule has 0 amide bonds. The molecule has 2 aliphatic rings. The predicted octanol–water partition coefficient (Wildman–Crippen LogP) is 3.24. The van der Waals surface area contributed by atoms with Crippen LogP contribution in [0.1, 0.15) is 53.4 Å². The normalized spacial score (nSPS) is 28.3. The molecule has 0 aliphatic carbocycles. The molecule has 3 nitrogen and oxygen atoms in total. The van der Waals surface area contributed by atoms with Crippen molar-refractivity contribution in [1.29, 1.82) is 0 Å². The van der Waals surface area contributed by atoms with E-state index in [1.165, 1.54) is 45.3 Å². The Labute approximate surface area is 132 Å². The van der Waals surface area contributed by atoms with Gasteiger partial charge in [0, 0.05) is 38.3 Å². The smallest absolute Gasteiger partial charge is 0.0593 e. The number of piperazine rings is 1. The standard InChI is InChI=1S/C18H36N2O/c1-15(2)8-11-21-12-10-20-13-17-7-5-6-9-19(17)14-18(20)16(3)4/h15-18H,5-14H2,1-4H3. The summed E-state index contributed by atoms with van der Waals surface area (Å²) in [6, 6.07) is 1.53. The van der Waals surface area contributed by atoms with E-state index in [1.807, 2.05) is 0 Å². The van der Waals surface area contributed by atoms with Gasteiger partial charge in [0.15, 0.2) is 0 Å². The number of ether oxygens (including phenoxy) is 1. The fourth-order valence-electron chi connectivity index (χ4n) is 3.76. The fraction of sp³-hybridized carbons (Fsp3) is 1.00. The first kappa shape index (κ1) is 17.2. The zero-order valence-electron chi connectivity index (χ0n) is 14.7. The van der Waals surface area contributed by atoms with Gasteiger partial charge in [-0.25, -0.2) is 0 Å². The molecule has 0 bridgehead atoms. The van der Waals surface area contributed by atoms with Gasteiger partial charge in [-0.15, -0.1) is 0 Å². The van der Waals surface area contributed by atoms with E-state index < -0.39 is 0 Å². The first-order chi connectivity index (χ1) is 10.1. The summed E-state index contributed by atoms with van der Waals surface area (Å²) >= 11 is 0. The van der Waals surface area contributed by atoms with Gasteiger partial charge in [-0.3, -0.25) is 9.80 Å². The first-order valence-electron chi connectivity index (χ1n) is 9.13. The third-order valence-electron chi connectivity index (χ3n) is 5.22. The molecule has 0 aromatic heterocycles. The summed E-state index contributed by atoms with van der Waals surface area (Å²) in [6.07, 6.45) is 5.41. The van der Waals surface area contributed by atoms with E-state index in [1.54, 1.807) is 0 Å². The van der Waals surface area contributed by atoms with Crippen molar-refractivity contribution in [2.45, 2.75) is 65.5 Å². The molecule has 2 saturated heterocycles. The predicted molar refractivity (Wildman–Crippen MR) is 89.7 cm³/mol. The Morgan fingerprint density at radius 2 is 1.86 bits per heavy atom. The number of fused-ring (bicyclic) bond motifs is 1. The van der Waals surface area contributed by atoms with Crippen LogP contribution in [-0.4, -0.2) is 61.3 Å². The lowest BCUT2D eigenvalue weighted by molar-refractivity contribution is -0.0214. The third-order valence-corrected chi connectivity index (χ3v) is 5.22. The van der Waals surface area contributed by atoms with Gasteiger partial charge in [0.25, 0.3) is 0 Å². The van der Waals surface area contributed by atoms with Crippen LogP contribution < -0.4 is 0 Å². The Bertz CT molecular complexity index is 293. The van der Waals surface area contributed by atoms with Crippen molar-refractivity contribution >= 4 is 0 Å². The van der Waals surface area contributed by atoms with Gasteiger partial charge in [-0.1, -0.05) is 34.1 Å². The number of piperidine rings is 1. The molecule has 0 spiro atoms. The maximum Gasteiger partial charge on any atom is 0.0593 e. The first-order valence-corrected chi connectivity index (χ1v) is 9.13. The number of hydrogen-bond donors (Lipinski definition) is 0. The average Bonchev–Trinajstić information content (AvgIpc) is 2.45. The molecule has 0 aromatic carbocycles. The number of nitrogens with zero attached hydrogens (tertiary/aromatic N) is 2. The van der Waals surface area contributed by atoms with Crippen molar-refractivity contribution in [2.75, 3.05) is 39.4 Å². The second kappa shape index (κ2) is 8.50. The molecule has 124 valence electrons. The van der Waals surface area contributed by atoms with Crippen LogP contribution in [0.4, 0.5) is 0 Å². The van der Waals surface area contributed by atoms with Crippen molar-refractivity contribution in [2.24, 2.45) is 11.8 Å². The number of rotatable bonds is 7. The van der Waals surface area contributed by atoms with Gasteiger partial charge in [0.1, 0.15) is 0 Å². The topological polar surface area (TPSA) is 15.7 Å². The van der Waals surface area contributed by atoms with Crippen LogP contribution in [-0.2, 0) is 4.74 Å². The van der Waals surface area contributed by atoms with E-state index in [-0.39, 0.29) is 0 Å². The molecule has 2 atom stereocenters. The molecule has 2 fully saturated rings. The van der Waals surface area contributed by atoms with Crippen LogP contribution in [0.15, 0.2) is 0 Å². The Balaban J connectivity index is 1.78. The van der Waals surface area contributed by atoms with Crippen LogP contribution in [0, 0.1) is 11.8 Å². The molecule has 0 radical (unpaired) electrons. The molecule has 2 aliphatic heterocycles. The lowest BCUT2D eigenvalue weighted by Crippen LogP contribution is -2.61. The summed E-state index contributed by atoms with van der Waals surface area (Å²) in [7, 11) is 0. The lowest BCUT2D eigenvalue weighted by Gasteiger charge is -2.49. The van der Waals surface area contributed by atoms with Gasteiger partial charge in [0.2, 0.25) is 0 Å². The van der Waals surface area contributed by atoms with E-state index in [0.717, 1.165) is 37.6 Å². The molecule has 2 heterocycles. The van der Waals surface area contributed by atoms with Gasteiger partial charge >= 0.3 is 0 Å². The summed E-state index contributed by atoms with van der Waals surface area (Å²) in [5.74, 6) is 1.49. The maximum atomic E-state index is 5.86. The molecular formula is C18H36N2O. The van der Waals surface area contributed by atoms with Crippen LogP contribution >= 0.6 is 0 Å². The van der Waals surface area contributed by atoms with E-state index in [0.29, 0.717) is 6.04 Å². The SMILES string of the molecule is CC(C)CCOCCN1CC2CCCCN2CC1C(C)C. The molecule has 0 saturated carbocycles. The lowest BCUT2D eigenvalue weighted by atomic mass is 9.92. The summed E-state index contributed by atoms with van der Waals surface area (Å²) in [6.45, 7) is 16.1. The minimum atomic E-state index is 0.716. The Morgan fingerprint density at radius 3 is 2.57 bits per heavy atom. The zero-order chi connectivity index (χ0) is 15.2. The summed E-state index contributed by atoms with van der Waals surface area (Å²) in [5.41, 5.74) is 0. The minimum absolute atomic E-state index is 0.716. The van der Waals surface area contributed by atoms with Gasteiger partial charge in [-0.05, 0) is 37.6 Å². The van der Waals surface area contributed by atoms with Crippen molar-refractivity contribution in [3.63, 3.8) is 0 Å². The summed E-state index contributed by atoms with van der Waals surface area (Å²) in [5, 5.41) is 0. The zero-order valence-corrected chi connectivity index (χ0v) is 14.7. The van der Waals surface area contributed by atoms with Crippen molar-refractivity contribution < 1.29 is 4.74 Å². The van der Waals surface area contributed by atoms with Crippen LogP contribution in [0.2, 0.25) is 0 Å². The summed E-state index contributed by atoms with van der Waals surface area (Å²) in [4.78, 5) is 5.47. The highest BCUT2D eigenvalue weighted by atomic mass is 16.5. The second-order valence-corrected chi connectivity index (χ2v) is 7.75. The fourth-order valence-corrected chi connectivity index (χ4v) is 3.76. The van der Waals surface area contributed by atoms with Crippen molar-refractivity contribution in [1.82, 2.24) is 9.80 Å². The highest BCUT2D eigenvalue weighted by Crippen LogP contribution is 2.26. The quantitative estimate of drug-likeness (QED) is 0.671. The Kier molecular flexibility index (Phi) is 6.97. The van der Waals surface area contributed by atoms with E-state index >= 15 is 0 Å². The Morgan fingerprint density at radius 1 is 1.05 bits per heavy atom. The Hall–Kier alpha value is -0.120. The largest absolute Gasteiger partial charge is 0.380 e. The molecule has 0 N–H and O–H groups in total. The van der Waals surface area contributed by atoms with E-state index in [4.69, 9.17) is 4.74 Å². The second-order valence-electron chi connectivity index (χ2n) is 7.75. The molecule has 2 unspecified atom stereocenters. The number of hydrogen-bond acceptors (Lipinski definition) is 3. The molecule has 0 aromatic rings. The van der Waals surface area contributed by atoms with Gasteiger partial charge in [0.05, 0.1) is 6.61 Å². The molecular weight excluding hydrogens is 260 g/mol. The van der Waals surface area contributed by atoms with Crippen LogP contribution in [0.5, 0.6) is 0 Å². The van der Waals surface area contributed by atoms with Gasteiger partial charge in [-0.2, -0.15) is 0 Å². The van der Waals surface area contributed by atoms with Crippen LogP contribution in [0.25, 0.3) is 0 Å². The molecule has 21 heavy (non-hydrogen) atoms. The van der Waals surface area contributed by atoms with Gasteiger partial charge < -0.3 is 4.74 Å². The minimum Gasteiger partial charge on any atom is -0.380 e.